The topological polar surface area (TPSA) is 61.4 Å². The van der Waals surface area contributed by atoms with E-state index in [4.69, 9.17) is 0 Å². The fourth-order valence-corrected chi connectivity index (χ4v) is 4.44. The van der Waals surface area contributed by atoms with Gasteiger partial charge in [-0.3, -0.25) is 9.59 Å². The highest BCUT2D eigenvalue weighted by atomic mass is 35.5. The third kappa shape index (κ3) is 5.19. The highest BCUT2D eigenvalue weighted by Gasteiger charge is 2.31. The molecule has 1 aromatic heterocycles. The van der Waals surface area contributed by atoms with Crippen LogP contribution in [-0.4, -0.2) is 48.4 Å². The van der Waals surface area contributed by atoms with E-state index in [0.29, 0.717) is 11.9 Å². The first-order valence-corrected chi connectivity index (χ1v) is 9.74. The predicted octanol–water partition coefficient (Wildman–Crippen LogP) is 2.59. The number of halogens is 1. The summed E-state index contributed by atoms with van der Waals surface area (Å²) in [5.74, 6) is 0.494. The van der Waals surface area contributed by atoms with Crippen LogP contribution >= 0.6 is 23.7 Å². The SMILES string of the molecule is Cc1ccc(C(=O)NC2CCN(C(=O)[C@H]3CCN[C@@H](C)C3)CC2)s1.Cl. The minimum absolute atomic E-state index is 0. The van der Waals surface area contributed by atoms with Crippen LogP contribution in [0, 0.1) is 12.8 Å². The molecule has 0 aliphatic carbocycles. The summed E-state index contributed by atoms with van der Waals surface area (Å²) in [6.45, 7) is 6.60. The molecule has 25 heavy (non-hydrogen) atoms. The molecule has 0 radical (unpaired) electrons. The van der Waals surface area contributed by atoms with Crippen LogP contribution in [0.5, 0.6) is 0 Å². The summed E-state index contributed by atoms with van der Waals surface area (Å²) in [6.07, 6.45) is 3.58. The Balaban J connectivity index is 0.00000225. The largest absolute Gasteiger partial charge is 0.348 e. The molecule has 7 heteroatoms. The third-order valence-corrected chi connectivity index (χ3v) is 6.08. The second-order valence-electron chi connectivity index (χ2n) is 7.06. The van der Waals surface area contributed by atoms with E-state index in [0.717, 1.165) is 55.1 Å². The molecule has 2 aliphatic rings. The lowest BCUT2D eigenvalue weighted by molar-refractivity contribution is -0.137. The zero-order chi connectivity index (χ0) is 17.1. The van der Waals surface area contributed by atoms with E-state index in [1.54, 1.807) is 0 Å². The molecular weight excluding hydrogens is 358 g/mol. The van der Waals surface area contributed by atoms with E-state index in [2.05, 4.69) is 17.6 Å². The zero-order valence-corrected chi connectivity index (χ0v) is 16.5. The smallest absolute Gasteiger partial charge is 0.261 e. The number of piperidine rings is 2. The highest BCUT2D eigenvalue weighted by molar-refractivity contribution is 7.13. The van der Waals surface area contributed by atoms with Crippen molar-refractivity contribution in [3.05, 3.63) is 21.9 Å². The van der Waals surface area contributed by atoms with Crippen molar-refractivity contribution in [3.63, 3.8) is 0 Å². The van der Waals surface area contributed by atoms with E-state index in [1.165, 1.54) is 11.3 Å². The molecule has 2 fully saturated rings. The summed E-state index contributed by atoms with van der Waals surface area (Å²) in [6, 6.07) is 4.46. The lowest BCUT2D eigenvalue weighted by atomic mass is 9.91. The van der Waals surface area contributed by atoms with Crippen LogP contribution < -0.4 is 10.6 Å². The molecular formula is C18H28ClN3O2S. The van der Waals surface area contributed by atoms with Crippen molar-refractivity contribution in [1.29, 1.82) is 0 Å². The number of amides is 2. The molecule has 140 valence electrons. The molecule has 0 unspecified atom stereocenters. The molecule has 0 aromatic carbocycles. The van der Waals surface area contributed by atoms with Gasteiger partial charge in [-0.25, -0.2) is 0 Å². The highest BCUT2D eigenvalue weighted by Crippen LogP contribution is 2.22. The van der Waals surface area contributed by atoms with Gasteiger partial charge in [0, 0.05) is 36.0 Å². The van der Waals surface area contributed by atoms with E-state index >= 15 is 0 Å². The zero-order valence-electron chi connectivity index (χ0n) is 14.9. The van der Waals surface area contributed by atoms with E-state index < -0.39 is 0 Å². The van der Waals surface area contributed by atoms with Gasteiger partial charge in [-0.1, -0.05) is 0 Å². The molecule has 3 rings (SSSR count). The van der Waals surface area contributed by atoms with Gasteiger partial charge < -0.3 is 15.5 Å². The van der Waals surface area contributed by atoms with Gasteiger partial charge in [-0.05, 0) is 58.2 Å². The Labute approximate surface area is 160 Å². The van der Waals surface area contributed by atoms with E-state index in [1.807, 2.05) is 24.0 Å². The van der Waals surface area contributed by atoms with Crippen molar-refractivity contribution in [3.8, 4) is 0 Å². The van der Waals surface area contributed by atoms with Crippen LogP contribution in [0.3, 0.4) is 0 Å². The summed E-state index contributed by atoms with van der Waals surface area (Å²) >= 11 is 1.53. The number of rotatable bonds is 3. The van der Waals surface area contributed by atoms with Gasteiger partial charge in [0.2, 0.25) is 5.91 Å². The Bertz CT molecular complexity index is 599. The van der Waals surface area contributed by atoms with Gasteiger partial charge in [0.1, 0.15) is 0 Å². The molecule has 0 saturated carbocycles. The number of aryl methyl sites for hydroxylation is 1. The molecule has 2 amide bonds. The monoisotopic (exact) mass is 385 g/mol. The second kappa shape index (κ2) is 9.01. The predicted molar refractivity (Wildman–Crippen MR) is 104 cm³/mol. The van der Waals surface area contributed by atoms with Crippen molar-refractivity contribution in [2.24, 2.45) is 5.92 Å². The summed E-state index contributed by atoms with van der Waals surface area (Å²) in [4.78, 5) is 28.8. The van der Waals surface area contributed by atoms with E-state index in [9.17, 15) is 9.59 Å². The van der Waals surface area contributed by atoms with Crippen molar-refractivity contribution in [2.75, 3.05) is 19.6 Å². The lowest BCUT2D eigenvalue weighted by Gasteiger charge is -2.36. The minimum Gasteiger partial charge on any atom is -0.348 e. The molecule has 0 bridgehead atoms. The number of thiophene rings is 1. The fourth-order valence-electron chi connectivity index (χ4n) is 3.67. The van der Waals surface area contributed by atoms with Crippen molar-refractivity contribution in [1.82, 2.24) is 15.5 Å². The van der Waals surface area contributed by atoms with Crippen molar-refractivity contribution in [2.45, 2.75) is 51.6 Å². The van der Waals surface area contributed by atoms with Crippen molar-refractivity contribution < 1.29 is 9.59 Å². The standard InChI is InChI=1S/C18H27N3O2S.ClH/c1-12-11-14(5-8-19-12)18(23)21-9-6-15(7-10-21)20-17(22)16-4-3-13(2)24-16;/h3-4,12,14-15,19H,5-11H2,1-2H3,(H,20,22);1H/t12-,14-;/m0./s1. The van der Waals surface area contributed by atoms with Crippen LogP contribution in [0.25, 0.3) is 0 Å². The van der Waals surface area contributed by atoms with Crippen molar-refractivity contribution >= 4 is 35.6 Å². The van der Waals surface area contributed by atoms with Gasteiger partial charge in [0.15, 0.2) is 0 Å². The van der Waals surface area contributed by atoms with Crippen LogP contribution in [0.2, 0.25) is 0 Å². The Morgan fingerprint density at radius 3 is 2.56 bits per heavy atom. The average Bonchev–Trinajstić information content (AvgIpc) is 3.01. The molecule has 0 spiro atoms. The summed E-state index contributed by atoms with van der Waals surface area (Å²) < 4.78 is 0. The molecule has 2 atom stereocenters. The van der Waals surface area contributed by atoms with Crippen LogP contribution in [0.4, 0.5) is 0 Å². The molecule has 1 aromatic rings. The van der Waals surface area contributed by atoms with Gasteiger partial charge in [0.25, 0.3) is 5.91 Å². The number of hydrogen-bond acceptors (Lipinski definition) is 4. The normalized spacial score (nSPS) is 24.5. The fraction of sp³-hybridized carbons (Fsp3) is 0.667. The van der Waals surface area contributed by atoms with Crippen LogP contribution in [-0.2, 0) is 4.79 Å². The Kier molecular flexibility index (Phi) is 7.28. The number of hydrogen-bond donors (Lipinski definition) is 2. The first-order valence-electron chi connectivity index (χ1n) is 8.92. The number of nitrogens with one attached hydrogen (secondary N) is 2. The minimum atomic E-state index is 0. The van der Waals surface area contributed by atoms with Crippen LogP contribution in [0.1, 0.15) is 47.2 Å². The van der Waals surface area contributed by atoms with Gasteiger partial charge >= 0.3 is 0 Å². The van der Waals surface area contributed by atoms with E-state index in [-0.39, 0.29) is 30.3 Å². The van der Waals surface area contributed by atoms with Gasteiger partial charge in [-0.2, -0.15) is 0 Å². The number of carbonyl (C=O) groups excluding carboxylic acids is 2. The number of likely N-dealkylation sites (tertiary alicyclic amines) is 1. The number of nitrogens with zero attached hydrogens (tertiary/aromatic N) is 1. The molecule has 2 saturated heterocycles. The summed E-state index contributed by atoms with van der Waals surface area (Å²) in [5, 5.41) is 6.52. The molecule has 5 nitrogen and oxygen atoms in total. The molecule has 2 aliphatic heterocycles. The molecule has 2 N–H and O–H groups in total. The summed E-state index contributed by atoms with van der Waals surface area (Å²) in [7, 11) is 0. The first kappa shape index (κ1) is 20.2. The van der Waals surface area contributed by atoms with Gasteiger partial charge in [-0.15, -0.1) is 23.7 Å². The Morgan fingerprint density at radius 1 is 1.24 bits per heavy atom. The maximum Gasteiger partial charge on any atom is 0.261 e. The molecule has 3 heterocycles. The number of carbonyl (C=O) groups is 2. The lowest BCUT2D eigenvalue weighted by Crippen LogP contribution is -2.50. The maximum absolute atomic E-state index is 12.7. The Morgan fingerprint density at radius 2 is 1.96 bits per heavy atom. The Hall–Kier alpha value is -1.11. The average molecular weight is 386 g/mol. The first-order chi connectivity index (χ1) is 11.5. The quantitative estimate of drug-likeness (QED) is 0.840. The summed E-state index contributed by atoms with van der Waals surface area (Å²) in [5.41, 5.74) is 0. The maximum atomic E-state index is 12.7. The van der Waals surface area contributed by atoms with Gasteiger partial charge in [0.05, 0.1) is 4.88 Å². The third-order valence-electron chi connectivity index (χ3n) is 5.08. The van der Waals surface area contributed by atoms with Crippen LogP contribution in [0.15, 0.2) is 12.1 Å². The second-order valence-corrected chi connectivity index (χ2v) is 8.35.